The molecule has 0 bridgehead atoms. The van der Waals surface area contributed by atoms with Gasteiger partial charge in [0.25, 0.3) is 5.91 Å². The summed E-state index contributed by atoms with van der Waals surface area (Å²) < 4.78 is 10.5. The van der Waals surface area contributed by atoms with Gasteiger partial charge in [0.05, 0.1) is 25.5 Å². The first-order chi connectivity index (χ1) is 13.6. The maximum atomic E-state index is 12.3. The van der Waals surface area contributed by atoms with E-state index in [4.69, 9.17) is 9.47 Å². The first-order valence-electron chi connectivity index (χ1n) is 9.17. The van der Waals surface area contributed by atoms with Crippen molar-refractivity contribution in [1.82, 2.24) is 5.32 Å². The quantitative estimate of drug-likeness (QED) is 0.510. The lowest BCUT2D eigenvalue weighted by atomic mass is 10.1. The number of ether oxygens (including phenoxy) is 2. The van der Waals surface area contributed by atoms with Gasteiger partial charge in [0.2, 0.25) is 5.91 Å². The smallest absolute Gasteiger partial charge is 0.253 e. The van der Waals surface area contributed by atoms with Gasteiger partial charge in [0.1, 0.15) is 0 Å². The largest absolute Gasteiger partial charge is 0.493 e. The highest BCUT2D eigenvalue weighted by Gasteiger charge is 2.11. The number of carbonyl (C=O) groups excluding carboxylic acids is 2. The molecule has 0 aliphatic rings. The van der Waals surface area contributed by atoms with Crippen LogP contribution < -0.4 is 20.1 Å². The molecule has 0 saturated carbocycles. The lowest BCUT2D eigenvalue weighted by molar-refractivity contribution is -0.111. The molecule has 0 aliphatic heterocycles. The topological polar surface area (TPSA) is 76.7 Å². The van der Waals surface area contributed by atoms with Gasteiger partial charge in [0.15, 0.2) is 11.5 Å². The number of rotatable bonds is 9. The van der Waals surface area contributed by atoms with Crippen molar-refractivity contribution in [2.45, 2.75) is 19.8 Å². The van der Waals surface area contributed by atoms with Crippen LogP contribution in [0.4, 0.5) is 5.69 Å². The molecule has 0 saturated heterocycles. The number of benzene rings is 2. The monoisotopic (exact) mass is 382 g/mol. The molecule has 6 nitrogen and oxygen atoms in total. The van der Waals surface area contributed by atoms with E-state index in [2.05, 4.69) is 17.6 Å². The molecule has 0 spiro atoms. The Morgan fingerprint density at radius 2 is 1.79 bits per heavy atom. The maximum absolute atomic E-state index is 12.3. The average Bonchev–Trinajstić information content (AvgIpc) is 2.72. The zero-order chi connectivity index (χ0) is 20.4. The third-order valence-electron chi connectivity index (χ3n) is 4.08. The van der Waals surface area contributed by atoms with Crippen LogP contribution in [0.25, 0.3) is 6.08 Å². The Hall–Kier alpha value is -3.28. The van der Waals surface area contributed by atoms with Gasteiger partial charge in [-0.1, -0.05) is 31.5 Å². The summed E-state index contributed by atoms with van der Waals surface area (Å²) in [6, 6.07) is 12.3. The molecule has 0 atom stereocenters. The summed E-state index contributed by atoms with van der Waals surface area (Å²) in [7, 11) is 3.12. The van der Waals surface area contributed by atoms with Gasteiger partial charge >= 0.3 is 0 Å². The molecule has 0 aliphatic carbocycles. The number of anilines is 1. The lowest BCUT2D eigenvalue weighted by Crippen LogP contribution is -2.25. The molecule has 28 heavy (non-hydrogen) atoms. The number of para-hydroxylation sites is 1. The van der Waals surface area contributed by atoms with Gasteiger partial charge in [-0.3, -0.25) is 9.59 Å². The molecule has 2 aromatic rings. The van der Waals surface area contributed by atoms with Crippen molar-refractivity contribution in [3.05, 3.63) is 59.7 Å². The van der Waals surface area contributed by atoms with E-state index in [0.29, 0.717) is 29.3 Å². The average molecular weight is 382 g/mol. The van der Waals surface area contributed by atoms with Crippen molar-refractivity contribution >= 4 is 23.6 Å². The summed E-state index contributed by atoms with van der Waals surface area (Å²) in [5, 5.41) is 5.62. The van der Waals surface area contributed by atoms with Crippen LogP contribution in [-0.4, -0.2) is 32.6 Å². The highest BCUT2D eigenvalue weighted by Crippen LogP contribution is 2.28. The van der Waals surface area contributed by atoms with Crippen LogP contribution in [-0.2, 0) is 4.79 Å². The fourth-order valence-corrected chi connectivity index (χ4v) is 2.57. The Labute approximate surface area is 165 Å². The van der Waals surface area contributed by atoms with E-state index >= 15 is 0 Å². The predicted molar refractivity (Wildman–Crippen MR) is 111 cm³/mol. The Morgan fingerprint density at radius 3 is 2.50 bits per heavy atom. The standard InChI is InChI=1S/C22H26N2O4/c1-4-5-14-23-22(26)17-8-6-7-9-18(17)24-21(25)13-11-16-10-12-19(27-2)20(15-16)28-3/h6-13,15H,4-5,14H2,1-3H3,(H,23,26)(H,24,25)/b13-11+. The third kappa shape index (κ3) is 5.87. The Kier molecular flexibility index (Phi) is 8.09. The molecule has 0 unspecified atom stereocenters. The number of unbranched alkanes of at least 4 members (excludes halogenated alkanes) is 1. The van der Waals surface area contributed by atoms with Crippen molar-refractivity contribution < 1.29 is 19.1 Å². The second kappa shape index (κ2) is 10.8. The lowest BCUT2D eigenvalue weighted by Gasteiger charge is -2.10. The molecule has 0 heterocycles. The van der Waals surface area contributed by atoms with Crippen LogP contribution in [0.15, 0.2) is 48.5 Å². The Balaban J connectivity index is 2.07. The SMILES string of the molecule is CCCCNC(=O)c1ccccc1NC(=O)/C=C/c1ccc(OC)c(OC)c1. The molecule has 2 N–H and O–H groups in total. The fraction of sp³-hybridized carbons (Fsp3) is 0.273. The van der Waals surface area contributed by atoms with Gasteiger partial charge in [0, 0.05) is 12.6 Å². The van der Waals surface area contributed by atoms with Crippen LogP contribution >= 0.6 is 0 Å². The minimum absolute atomic E-state index is 0.201. The number of hydrogen-bond donors (Lipinski definition) is 2. The van der Waals surface area contributed by atoms with Gasteiger partial charge < -0.3 is 20.1 Å². The van der Waals surface area contributed by atoms with Crippen LogP contribution in [0.5, 0.6) is 11.5 Å². The van der Waals surface area contributed by atoms with E-state index < -0.39 is 0 Å². The van der Waals surface area contributed by atoms with E-state index in [9.17, 15) is 9.59 Å². The van der Waals surface area contributed by atoms with Crippen LogP contribution in [0, 0.1) is 0 Å². The summed E-state index contributed by atoms with van der Waals surface area (Å²) in [6.07, 6.45) is 4.99. The first kappa shape index (κ1) is 21.0. The van der Waals surface area contributed by atoms with Gasteiger partial charge in [-0.2, -0.15) is 0 Å². The Bertz CT molecular complexity index is 846. The minimum Gasteiger partial charge on any atom is -0.493 e. The highest BCUT2D eigenvalue weighted by atomic mass is 16.5. The fourth-order valence-electron chi connectivity index (χ4n) is 2.57. The Morgan fingerprint density at radius 1 is 1.04 bits per heavy atom. The molecule has 6 heteroatoms. The van der Waals surface area contributed by atoms with Crippen LogP contribution in [0.2, 0.25) is 0 Å². The number of methoxy groups -OCH3 is 2. The second-order valence-electron chi connectivity index (χ2n) is 6.09. The molecule has 0 radical (unpaired) electrons. The molecular formula is C22H26N2O4. The van der Waals surface area contributed by atoms with Crippen molar-refractivity contribution in [2.75, 3.05) is 26.1 Å². The van der Waals surface area contributed by atoms with Crippen molar-refractivity contribution in [1.29, 1.82) is 0 Å². The zero-order valence-electron chi connectivity index (χ0n) is 16.5. The van der Waals surface area contributed by atoms with E-state index in [1.165, 1.54) is 6.08 Å². The molecule has 0 fully saturated rings. The second-order valence-corrected chi connectivity index (χ2v) is 6.09. The zero-order valence-corrected chi connectivity index (χ0v) is 16.5. The van der Waals surface area contributed by atoms with Crippen molar-refractivity contribution in [2.24, 2.45) is 0 Å². The van der Waals surface area contributed by atoms with Crippen LogP contribution in [0.3, 0.4) is 0 Å². The highest BCUT2D eigenvalue weighted by molar-refractivity contribution is 6.07. The van der Waals surface area contributed by atoms with Crippen molar-refractivity contribution in [3.8, 4) is 11.5 Å². The minimum atomic E-state index is -0.330. The molecule has 2 rings (SSSR count). The van der Waals surface area contributed by atoms with E-state index in [1.807, 2.05) is 6.07 Å². The van der Waals surface area contributed by atoms with Gasteiger partial charge in [-0.15, -0.1) is 0 Å². The summed E-state index contributed by atoms with van der Waals surface area (Å²) in [4.78, 5) is 24.6. The summed E-state index contributed by atoms with van der Waals surface area (Å²) >= 11 is 0. The molecule has 2 aromatic carbocycles. The van der Waals surface area contributed by atoms with E-state index in [-0.39, 0.29) is 11.8 Å². The normalized spacial score (nSPS) is 10.5. The maximum Gasteiger partial charge on any atom is 0.253 e. The van der Waals surface area contributed by atoms with E-state index in [0.717, 1.165) is 18.4 Å². The summed E-state index contributed by atoms with van der Waals surface area (Å²) in [6.45, 7) is 2.67. The molecule has 148 valence electrons. The number of carbonyl (C=O) groups is 2. The van der Waals surface area contributed by atoms with Crippen LogP contribution in [0.1, 0.15) is 35.7 Å². The number of amides is 2. The van der Waals surface area contributed by atoms with Gasteiger partial charge in [-0.25, -0.2) is 0 Å². The molecule has 2 amide bonds. The van der Waals surface area contributed by atoms with E-state index in [1.54, 1.807) is 56.7 Å². The summed E-state index contributed by atoms with van der Waals surface area (Å²) in [5.41, 5.74) is 1.70. The van der Waals surface area contributed by atoms with Crippen molar-refractivity contribution in [3.63, 3.8) is 0 Å². The molecular weight excluding hydrogens is 356 g/mol. The number of nitrogens with one attached hydrogen (secondary N) is 2. The predicted octanol–water partition coefficient (Wildman–Crippen LogP) is 3.89. The summed E-state index contributed by atoms with van der Waals surface area (Å²) in [5.74, 6) is 0.670. The first-order valence-corrected chi connectivity index (χ1v) is 9.17. The van der Waals surface area contributed by atoms with Gasteiger partial charge in [-0.05, 0) is 42.3 Å². The molecule has 0 aromatic heterocycles. The third-order valence-corrected chi connectivity index (χ3v) is 4.08. The number of hydrogen-bond acceptors (Lipinski definition) is 4.